The second-order valence-corrected chi connectivity index (χ2v) is 10.5. The first-order chi connectivity index (χ1) is 15.9. The van der Waals surface area contributed by atoms with E-state index < -0.39 is 5.97 Å². The van der Waals surface area contributed by atoms with E-state index in [1.54, 1.807) is 6.07 Å². The average molecular weight is 447 g/mol. The van der Waals surface area contributed by atoms with Crippen LogP contribution in [-0.4, -0.2) is 36.3 Å². The number of hydrogen-bond donors (Lipinski definition) is 2. The zero-order valence-corrected chi connectivity index (χ0v) is 18.9. The molecular formula is C27H30N2O4. The van der Waals surface area contributed by atoms with Crippen molar-refractivity contribution in [1.82, 2.24) is 5.32 Å². The summed E-state index contributed by atoms with van der Waals surface area (Å²) in [5, 5.41) is 13.2. The van der Waals surface area contributed by atoms with Crippen LogP contribution in [0.1, 0.15) is 53.6 Å². The number of carbonyl (C=O) groups excluding carboxylic acids is 1. The molecule has 0 saturated heterocycles. The summed E-state index contributed by atoms with van der Waals surface area (Å²) in [7, 11) is 0. The fraction of sp³-hybridized carbons (Fsp3) is 0.481. The molecule has 2 N–H and O–H groups in total. The predicted octanol–water partition coefficient (Wildman–Crippen LogP) is 4.75. The van der Waals surface area contributed by atoms with Gasteiger partial charge in [0.05, 0.1) is 17.8 Å². The number of benzene rings is 2. The zero-order valence-electron chi connectivity index (χ0n) is 18.9. The number of fused-ring (bicyclic) bond motifs is 1. The number of nitrogens with one attached hydrogen (secondary N) is 1. The summed E-state index contributed by atoms with van der Waals surface area (Å²) in [5.74, 6) is 1.31. The van der Waals surface area contributed by atoms with Crippen molar-refractivity contribution < 1.29 is 19.4 Å². The monoisotopic (exact) mass is 446 g/mol. The lowest BCUT2D eigenvalue weighted by molar-refractivity contribution is -0.0313. The highest BCUT2D eigenvalue weighted by atomic mass is 16.5. The lowest BCUT2D eigenvalue weighted by atomic mass is 9.46. The summed E-state index contributed by atoms with van der Waals surface area (Å²) in [6.45, 7) is 3.07. The lowest BCUT2D eigenvalue weighted by Gasteiger charge is -2.60. The molecule has 2 atom stereocenters. The second kappa shape index (κ2) is 7.51. The molecule has 4 fully saturated rings. The van der Waals surface area contributed by atoms with Gasteiger partial charge in [0, 0.05) is 6.04 Å². The topological polar surface area (TPSA) is 78.9 Å². The van der Waals surface area contributed by atoms with Crippen LogP contribution in [0.15, 0.2) is 42.5 Å². The average Bonchev–Trinajstić information content (AvgIpc) is 2.80. The third kappa shape index (κ3) is 3.30. The maximum absolute atomic E-state index is 13.4. The number of carbonyl (C=O) groups is 2. The number of amides is 2. The van der Waals surface area contributed by atoms with Gasteiger partial charge in [0.15, 0.2) is 0 Å². The van der Waals surface area contributed by atoms with E-state index in [0.717, 1.165) is 54.7 Å². The molecule has 4 aliphatic carbocycles. The van der Waals surface area contributed by atoms with Crippen molar-refractivity contribution in [2.45, 2.75) is 50.5 Å². The minimum absolute atomic E-state index is 0.0393. The molecule has 7 rings (SSSR count). The van der Waals surface area contributed by atoms with E-state index in [1.165, 1.54) is 0 Å². The SMILES string of the molecule is Cc1ccc2c(c1)N(C(=O)NC1C3CC4CC1CC(c1ccccc1C(=O)O)(C4)C3)CCO2. The summed E-state index contributed by atoms with van der Waals surface area (Å²) in [5.41, 5.74) is 3.31. The molecule has 1 aliphatic heterocycles. The number of aromatic carboxylic acids is 1. The van der Waals surface area contributed by atoms with Crippen molar-refractivity contribution in [2.75, 3.05) is 18.1 Å². The number of rotatable bonds is 3. The summed E-state index contributed by atoms with van der Waals surface area (Å²) in [6.07, 6.45) is 5.22. The molecule has 0 aromatic heterocycles. The summed E-state index contributed by atoms with van der Waals surface area (Å²) in [4.78, 5) is 27.2. The van der Waals surface area contributed by atoms with E-state index in [-0.39, 0.29) is 17.5 Å². The quantitative estimate of drug-likeness (QED) is 0.713. The Kier molecular flexibility index (Phi) is 4.68. The largest absolute Gasteiger partial charge is 0.490 e. The lowest BCUT2D eigenvalue weighted by Crippen LogP contribution is -2.62. The van der Waals surface area contributed by atoms with Crippen LogP contribution in [-0.2, 0) is 5.41 Å². The molecule has 4 bridgehead atoms. The third-order valence-electron chi connectivity index (χ3n) is 8.51. The van der Waals surface area contributed by atoms with Crippen LogP contribution >= 0.6 is 0 Å². The number of urea groups is 1. The van der Waals surface area contributed by atoms with Crippen LogP contribution < -0.4 is 15.0 Å². The molecule has 2 amide bonds. The standard InChI is InChI=1S/C27H30N2O4/c1-16-6-7-23-22(10-16)29(8-9-33-23)26(32)28-24-18-11-17-12-19(24)15-27(13-17,14-18)21-5-3-2-4-20(21)25(30)31/h2-7,10,17-19,24H,8-9,11-15H2,1H3,(H,28,32)(H,30,31). The summed E-state index contributed by atoms with van der Waals surface area (Å²) >= 11 is 0. The van der Waals surface area contributed by atoms with Gasteiger partial charge >= 0.3 is 12.0 Å². The van der Waals surface area contributed by atoms with Crippen molar-refractivity contribution in [1.29, 1.82) is 0 Å². The van der Waals surface area contributed by atoms with Crippen LogP contribution in [0.2, 0.25) is 0 Å². The molecule has 6 nitrogen and oxygen atoms in total. The Balaban J connectivity index is 1.26. The van der Waals surface area contributed by atoms with Gasteiger partial charge in [-0.15, -0.1) is 0 Å². The Morgan fingerprint density at radius 3 is 2.61 bits per heavy atom. The Morgan fingerprint density at radius 2 is 1.85 bits per heavy atom. The number of carboxylic acid groups (broad SMARTS) is 1. The van der Waals surface area contributed by atoms with E-state index in [0.29, 0.717) is 36.5 Å². The molecule has 0 spiro atoms. The second-order valence-electron chi connectivity index (χ2n) is 10.5. The van der Waals surface area contributed by atoms with E-state index in [1.807, 2.05) is 48.2 Å². The highest BCUT2D eigenvalue weighted by Crippen LogP contribution is 2.61. The van der Waals surface area contributed by atoms with Crippen LogP contribution in [0.25, 0.3) is 0 Å². The van der Waals surface area contributed by atoms with Crippen molar-refractivity contribution in [2.24, 2.45) is 17.8 Å². The van der Waals surface area contributed by atoms with Crippen LogP contribution in [0, 0.1) is 24.7 Å². The van der Waals surface area contributed by atoms with Gasteiger partial charge in [-0.25, -0.2) is 9.59 Å². The first kappa shape index (κ1) is 20.6. The van der Waals surface area contributed by atoms with E-state index in [2.05, 4.69) is 5.32 Å². The Hall–Kier alpha value is -3.02. The van der Waals surface area contributed by atoms with Gasteiger partial charge < -0.3 is 15.2 Å². The number of aryl methyl sites for hydroxylation is 1. The normalized spacial score (nSPS) is 31.6. The third-order valence-corrected chi connectivity index (χ3v) is 8.51. The number of ether oxygens (including phenoxy) is 1. The fourth-order valence-electron chi connectivity index (χ4n) is 7.48. The number of anilines is 1. The first-order valence-corrected chi connectivity index (χ1v) is 12.1. The van der Waals surface area contributed by atoms with Gasteiger partial charge in [-0.3, -0.25) is 4.90 Å². The van der Waals surface area contributed by atoms with Gasteiger partial charge in [0.1, 0.15) is 12.4 Å². The van der Waals surface area contributed by atoms with Crippen LogP contribution in [0.4, 0.5) is 10.5 Å². The Labute approximate surface area is 193 Å². The Bertz CT molecular complexity index is 1110. The van der Waals surface area contributed by atoms with Gasteiger partial charge in [-0.05, 0) is 91.5 Å². The van der Waals surface area contributed by atoms with Crippen molar-refractivity contribution in [3.63, 3.8) is 0 Å². The predicted molar refractivity (Wildman–Crippen MR) is 125 cm³/mol. The summed E-state index contributed by atoms with van der Waals surface area (Å²) in [6, 6.07) is 13.6. The zero-order chi connectivity index (χ0) is 22.7. The van der Waals surface area contributed by atoms with E-state index in [4.69, 9.17) is 4.74 Å². The molecule has 33 heavy (non-hydrogen) atoms. The smallest absolute Gasteiger partial charge is 0.335 e. The van der Waals surface area contributed by atoms with Crippen LogP contribution in [0.5, 0.6) is 5.75 Å². The molecule has 2 aromatic rings. The minimum Gasteiger partial charge on any atom is -0.490 e. The van der Waals surface area contributed by atoms with Crippen LogP contribution in [0.3, 0.4) is 0 Å². The highest BCUT2D eigenvalue weighted by molar-refractivity contribution is 5.94. The number of nitrogens with zero attached hydrogens (tertiary/aromatic N) is 1. The minimum atomic E-state index is -0.840. The molecule has 2 aromatic carbocycles. The summed E-state index contributed by atoms with van der Waals surface area (Å²) < 4.78 is 5.77. The number of hydrogen-bond acceptors (Lipinski definition) is 3. The highest BCUT2D eigenvalue weighted by Gasteiger charge is 2.57. The van der Waals surface area contributed by atoms with Gasteiger partial charge in [0.25, 0.3) is 0 Å². The van der Waals surface area contributed by atoms with Gasteiger partial charge in [-0.2, -0.15) is 0 Å². The molecule has 0 radical (unpaired) electrons. The van der Waals surface area contributed by atoms with Crippen molar-refractivity contribution in [3.05, 3.63) is 59.2 Å². The molecule has 172 valence electrons. The Morgan fingerprint density at radius 1 is 1.09 bits per heavy atom. The molecular weight excluding hydrogens is 416 g/mol. The molecule has 6 heteroatoms. The maximum Gasteiger partial charge on any atom is 0.335 e. The van der Waals surface area contributed by atoms with Gasteiger partial charge in [-0.1, -0.05) is 24.3 Å². The molecule has 5 aliphatic rings. The first-order valence-electron chi connectivity index (χ1n) is 12.1. The molecule has 2 unspecified atom stereocenters. The molecule has 1 heterocycles. The van der Waals surface area contributed by atoms with Crippen molar-refractivity contribution >= 4 is 17.7 Å². The number of carboxylic acids is 1. The maximum atomic E-state index is 13.4. The molecule has 4 saturated carbocycles. The van der Waals surface area contributed by atoms with Gasteiger partial charge in [0.2, 0.25) is 0 Å². The van der Waals surface area contributed by atoms with E-state index >= 15 is 0 Å². The fourth-order valence-corrected chi connectivity index (χ4v) is 7.48. The van der Waals surface area contributed by atoms with E-state index in [9.17, 15) is 14.7 Å². The van der Waals surface area contributed by atoms with Crippen molar-refractivity contribution in [3.8, 4) is 5.75 Å².